The molecule has 12 heteroatoms. The fourth-order valence-electron chi connectivity index (χ4n) is 2.56. The van der Waals surface area contributed by atoms with Gasteiger partial charge in [-0.3, -0.25) is 14.9 Å². The number of ether oxygens (including phenoxy) is 1. The standard InChI is InChI=1S/C18H14ClN5O6/c1-30-18(27)23-22-14(16(25)9-2-5-11(6-3-9)24(28)29)15-17(26)21-13-8-10(19)4-7-12(13)20-15/h2-8,16,25H,1H3,(H,21,26)(H,23,27)/b22-14+/t16-/m0/s1. The first-order chi connectivity index (χ1) is 14.3. The summed E-state index contributed by atoms with van der Waals surface area (Å²) in [6, 6.07) is 9.59. The van der Waals surface area contributed by atoms with Gasteiger partial charge in [0.25, 0.3) is 11.2 Å². The van der Waals surface area contributed by atoms with Crippen molar-refractivity contribution in [3.8, 4) is 0 Å². The van der Waals surface area contributed by atoms with Crippen LogP contribution in [0.25, 0.3) is 11.0 Å². The van der Waals surface area contributed by atoms with Crippen molar-refractivity contribution in [3.63, 3.8) is 0 Å². The van der Waals surface area contributed by atoms with Gasteiger partial charge in [0.15, 0.2) is 5.69 Å². The molecule has 0 unspecified atom stereocenters. The summed E-state index contributed by atoms with van der Waals surface area (Å²) >= 11 is 5.92. The second-order valence-corrected chi connectivity index (χ2v) is 6.36. The van der Waals surface area contributed by atoms with Crippen LogP contribution in [0.5, 0.6) is 0 Å². The van der Waals surface area contributed by atoms with Crippen LogP contribution >= 0.6 is 11.6 Å². The van der Waals surface area contributed by atoms with Crippen LogP contribution in [0.4, 0.5) is 10.5 Å². The van der Waals surface area contributed by atoms with E-state index in [0.717, 1.165) is 7.11 Å². The van der Waals surface area contributed by atoms with E-state index in [9.17, 15) is 24.8 Å². The lowest BCUT2D eigenvalue weighted by molar-refractivity contribution is -0.384. The predicted octanol–water partition coefficient (Wildman–Crippen LogP) is 2.28. The Morgan fingerprint density at radius 2 is 2.03 bits per heavy atom. The Bertz CT molecular complexity index is 1210. The highest BCUT2D eigenvalue weighted by Crippen LogP contribution is 2.22. The quantitative estimate of drug-likeness (QED) is 0.317. The number of hydrogen-bond acceptors (Lipinski definition) is 8. The Morgan fingerprint density at radius 1 is 1.33 bits per heavy atom. The molecule has 0 aliphatic carbocycles. The number of aliphatic hydroxyl groups is 1. The van der Waals surface area contributed by atoms with Crippen molar-refractivity contribution in [3.05, 3.63) is 79.2 Å². The normalized spacial score (nSPS) is 12.4. The zero-order valence-corrected chi connectivity index (χ0v) is 16.1. The molecule has 1 atom stereocenters. The number of hydrogen-bond donors (Lipinski definition) is 3. The molecule has 0 spiro atoms. The molecule has 0 bridgehead atoms. The van der Waals surface area contributed by atoms with Crippen molar-refractivity contribution >= 4 is 40.1 Å². The van der Waals surface area contributed by atoms with Crippen molar-refractivity contribution in [2.75, 3.05) is 7.11 Å². The number of halogens is 1. The molecule has 30 heavy (non-hydrogen) atoms. The smallest absolute Gasteiger partial charge is 0.427 e. The molecule has 3 rings (SSSR count). The van der Waals surface area contributed by atoms with Crippen LogP contribution in [0.1, 0.15) is 17.4 Å². The predicted molar refractivity (Wildman–Crippen MR) is 108 cm³/mol. The van der Waals surface area contributed by atoms with Crippen LogP contribution in [0, 0.1) is 10.1 Å². The van der Waals surface area contributed by atoms with E-state index in [1.807, 2.05) is 5.43 Å². The molecule has 154 valence electrons. The van der Waals surface area contributed by atoms with Gasteiger partial charge in [-0.05, 0) is 35.9 Å². The number of carbonyl (C=O) groups excluding carboxylic acids is 1. The third-order valence-electron chi connectivity index (χ3n) is 4.03. The molecule has 3 aromatic rings. The third kappa shape index (κ3) is 4.42. The van der Waals surface area contributed by atoms with Crippen LogP contribution < -0.4 is 11.0 Å². The van der Waals surface area contributed by atoms with Crippen molar-refractivity contribution in [1.82, 2.24) is 15.4 Å². The summed E-state index contributed by atoms with van der Waals surface area (Å²) in [6.45, 7) is 0. The number of nitro groups is 1. The number of nitrogens with one attached hydrogen (secondary N) is 2. The lowest BCUT2D eigenvalue weighted by Gasteiger charge is -2.14. The van der Waals surface area contributed by atoms with Gasteiger partial charge < -0.3 is 14.8 Å². The fourth-order valence-corrected chi connectivity index (χ4v) is 2.74. The van der Waals surface area contributed by atoms with E-state index < -0.39 is 22.7 Å². The molecule has 0 saturated carbocycles. The van der Waals surface area contributed by atoms with Crippen LogP contribution in [0.2, 0.25) is 5.02 Å². The molecule has 0 aliphatic rings. The molecule has 3 N–H and O–H groups in total. The highest BCUT2D eigenvalue weighted by molar-refractivity contribution is 6.31. The van der Waals surface area contributed by atoms with Crippen molar-refractivity contribution < 1.29 is 19.6 Å². The number of aromatic nitrogens is 2. The summed E-state index contributed by atoms with van der Waals surface area (Å²) in [5.74, 6) is 0. The molecule has 1 aromatic heterocycles. The number of benzene rings is 2. The fraction of sp³-hybridized carbons (Fsp3) is 0.111. The number of fused-ring (bicyclic) bond motifs is 1. The van der Waals surface area contributed by atoms with E-state index in [1.165, 1.54) is 30.3 Å². The highest BCUT2D eigenvalue weighted by Gasteiger charge is 2.23. The topological polar surface area (TPSA) is 160 Å². The number of nitrogens with zero attached hydrogens (tertiary/aromatic N) is 3. The lowest BCUT2D eigenvalue weighted by atomic mass is 10.0. The summed E-state index contributed by atoms with van der Waals surface area (Å²) in [5, 5.41) is 25.8. The first-order valence-corrected chi connectivity index (χ1v) is 8.72. The number of H-pyrrole nitrogens is 1. The Morgan fingerprint density at radius 3 is 2.67 bits per heavy atom. The van der Waals surface area contributed by atoms with E-state index in [0.29, 0.717) is 16.1 Å². The van der Waals surface area contributed by atoms with Crippen LogP contribution in [-0.2, 0) is 4.74 Å². The SMILES string of the molecule is COC(=O)N/N=C(\c1nc2ccc(Cl)cc2[nH]c1=O)[C@@H](O)c1ccc([N+](=O)[O-])cc1. The number of aromatic amines is 1. The molecule has 11 nitrogen and oxygen atoms in total. The molecule has 2 aromatic carbocycles. The molecule has 0 aliphatic heterocycles. The minimum atomic E-state index is -1.54. The van der Waals surface area contributed by atoms with Gasteiger partial charge in [-0.25, -0.2) is 15.2 Å². The van der Waals surface area contributed by atoms with E-state index in [2.05, 4.69) is 19.8 Å². The minimum Gasteiger partial charge on any atom is -0.452 e. The molecule has 0 fully saturated rings. The average Bonchev–Trinajstić information content (AvgIpc) is 2.73. The molecule has 0 saturated heterocycles. The molecular formula is C18H14ClN5O6. The maximum Gasteiger partial charge on any atom is 0.427 e. The van der Waals surface area contributed by atoms with Crippen LogP contribution in [0.15, 0.2) is 52.4 Å². The van der Waals surface area contributed by atoms with E-state index >= 15 is 0 Å². The number of rotatable bonds is 5. The Kier molecular flexibility index (Phi) is 6.04. The van der Waals surface area contributed by atoms with Gasteiger partial charge in [-0.2, -0.15) is 5.10 Å². The van der Waals surface area contributed by atoms with E-state index in [4.69, 9.17) is 11.6 Å². The summed E-state index contributed by atoms with van der Waals surface area (Å²) < 4.78 is 4.44. The molecule has 0 radical (unpaired) electrons. The molecule has 1 heterocycles. The zero-order chi connectivity index (χ0) is 21.8. The number of amides is 1. The maximum absolute atomic E-state index is 12.6. The molecule has 1 amide bonds. The number of nitro benzene ring substituents is 1. The number of carbonyl (C=O) groups is 1. The number of aliphatic hydroxyl groups excluding tert-OH is 1. The first-order valence-electron chi connectivity index (χ1n) is 8.34. The van der Waals surface area contributed by atoms with E-state index in [1.54, 1.807) is 12.1 Å². The summed E-state index contributed by atoms with van der Waals surface area (Å²) in [5.41, 5.74) is 1.49. The second kappa shape index (κ2) is 8.68. The van der Waals surface area contributed by atoms with Crippen molar-refractivity contribution in [1.29, 1.82) is 0 Å². The summed E-state index contributed by atoms with van der Waals surface area (Å²) in [6.07, 6.45) is -2.48. The monoisotopic (exact) mass is 431 g/mol. The lowest BCUT2D eigenvalue weighted by Crippen LogP contribution is -2.29. The van der Waals surface area contributed by atoms with Gasteiger partial charge in [0.05, 0.1) is 23.1 Å². The van der Waals surface area contributed by atoms with Gasteiger partial charge in [0.1, 0.15) is 11.8 Å². The summed E-state index contributed by atoms with van der Waals surface area (Å²) in [7, 11) is 1.11. The zero-order valence-electron chi connectivity index (χ0n) is 15.3. The van der Waals surface area contributed by atoms with Crippen molar-refractivity contribution in [2.45, 2.75) is 6.10 Å². The second-order valence-electron chi connectivity index (χ2n) is 5.93. The maximum atomic E-state index is 12.6. The Balaban J connectivity index is 2.11. The Hall–Kier alpha value is -3.83. The Labute approximate surface area is 173 Å². The van der Waals surface area contributed by atoms with E-state index in [-0.39, 0.29) is 22.7 Å². The van der Waals surface area contributed by atoms with Gasteiger partial charge in [0, 0.05) is 17.2 Å². The number of hydrazone groups is 1. The van der Waals surface area contributed by atoms with Crippen molar-refractivity contribution in [2.24, 2.45) is 5.10 Å². The van der Waals surface area contributed by atoms with Gasteiger partial charge in [0.2, 0.25) is 0 Å². The molecular weight excluding hydrogens is 418 g/mol. The third-order valence-corrected chi connectivity index (χ3v) is 4.26. The minimum absolute atomic E-state index is 0.184. The average molecular weight is 432 g/mol. The first kappa shape index (κ1) is 20.9. The van der Waals surface area contributed by atoms with Gasteiger partial charge >= 0.3 is 6.09 Å². The number of non-ortho nitro benzene ring substituents is 1. The highest BCUT2D eigenvalue weighted by atomic mass is 35.5. The van der Waals surface area contributed by atoms with Crippen LogP contribution in [-0.4, -0.2) is 38.9 Å². The van der Waals surface area contributed by atoms with Gasteiger partial charge in [-0.15, -0.1) is 0 Å². The number of methoxy groups -OCH3 is 1. The summed E-state index contributed by atoms with van der Waals surface area (Å²) in [4.78, 5) is 41.1. The van der Waals surface area contributed by atoms with Gasteiger partial charge in [-0.1, -0.05) is 11.6 Å². The largest absolute Gasteiger partial charge is 0.452 e. The van der Waals surface area contributed by atoms with Crippen LogP contribution in [0.3, 0.4) is 0 Å².